The fourth-order valence-electron chi connectivity index (χ4n) is 2.28. The molecule has 0 aliphatic carbocycles. The zero-order valence-corrected chi connectivity index (χ0v) is 12.5. The van der Waals surface area contributed by atoms with E-state index in [0.29, 0.717) is 12.5 Å². The second-order valence-corrected chi connectivity index (χ2v) is 6.42. The molecule has 2 heterocycles. The maximum absolute atomic E-state index is 5.88. The molecule has 0 saturated carbocycles. The fourth-order valence-corrected chi connectivity index (χ4v) is 3.20. The van der Waals surface area contributed by atoms with Crippen molar-refractivity contribution in [3.63, 3.8) is 0 Å². The number of furan rings is 1. The van der Waals surface area contributed by atoms with E-state index >= 15 is 0 Å². The first-order valence-corrected chi connectivity index (χ1v) is 7.66. The largest absolute Gasteiger partial charge is 0.454 e. The number of hydrogen-bond donors (Lipinski definition) is 1. The molecule has 0 saturated heterocycles. The zero-order chi connectivity index (χ0) is 14.1. The monoisotopic (exact) mass is 286 g/mol. The molecule has 0 aliphatic rings. The van der Waals surface area contributed by atoms with Gasteiger partial charge in [0.05, 0.1) is 5.69 Å². The van der Waals surface area contributed by atoms with Crippen molar-refractivity contribution in [2.75, 3.05) is 0 Å². The van der Waals surface area contributed by atoms with Gasteiger partial charge in [-0.3, -0.25) is 0 Å². The smallest absolute Gasteiger partial charge is 0.164 e. The van der Waals surface area contributed by atoms with Gasteiger partial charge in [0.15, 0.2) is 10.8 Å². The van der Waals surface area contributed by atoms with Gasteiger partial charge in [0.1, 0.15) is 5.58 Å². The van der Waals surface area contributed by atoms with E-state index in [-0.39, 0.29) is 0 Å². The van der Waals surface area contributed by atoms with Crippen LogP contribution < -0.4 is 5.73 Å². The van der Waals surface area contributed by atoms with Crippen molar-refractivity contribution in [2.45, 2.75) is 26.8 Å². The lowest BCUT2D eigenvalue weighted by molar-refractivity contribution is 0.623. The molecule has 0 spiro atoms. The number of fused-ring (bicyclic) bond motifs is 1. The molecule has 4 heteroatoms. The summed E-state index contributed by atoms with van der Waals surface area (Å²) < 4.78 is 5.88. The number of aromatic nitrogens is 1. The van der Waals surface area contributed by atoms with Gasteiger partial charge in [-0.05, 0) is 24.5 Å². The minimum Gasteiger partial charge on any atom is -0.454 e. The van der Waals surface area contributed by atoms with Crippen LogP contribution in [0.25, 0.3) is 21.7 Å². The molecule has 0 atom stereocenters. The van der Waals surface area contributed by atoms with Crippen molar-refractivity contribution in [3.8, 4) is 10.8 Å². The molecule has 0 bridgehead atoms. The van der Waals surface area contributed by atoms with E-state index in [4.69, 9.17) is 15.1 Å². The summed E-state index contributed by atoms with van der Waals surface area (Å²) in [5.41, 5.74) is 7.85. The van der Waals surface area contributed by atoms with Crippen molar-refractivity contribution in [1.29, 1.82) is 0 Å². The molecule has 104 valence electrons. The Bertz CT molecular complexity index is 694. The average molecular weight is 286 g/mol. The highest BCUT2D eigenvalue weighted by Crippen LogP contribution is 2.33. The van der Waals surface area contributed by atoms with E-state index in [1.807, 2.05) is 24.3 Å². The molecule has 3 aromatic rings. The minimum atomic E-state index is 0.542. The summed E-state index contributed by atoms with van der Waals surface area (Å²) in [5, 5.41) is 2.04. The first kappa shape index (κ1) is 13.3. The van der Waals surface area contributed by atoms with E-state index < -0.39 is 0 Å². The maximum atomic E-state index is 5.88. The Hall–Kier alpha value is -1.65. The van der Waals surface area contributed by atoms with E-state index in [2.05, 4.69) is 19.9 Å². The highest BCUT2D eigenvalue weighted by atomic mass is 32.1. The molecule has 2 aromatic heterocycles. The summed E-state index contributed by atoms with van der Waals surface area (Å²) in [7, 11) is 0. The number of rotatable bonds is 4. The normalized spacial score (nSPS) is 11.6. The number of nitrogens with zero attached hydrogens (tertiary/aromatic N) is 1. The van der Waals surface area contributed by atoms with Crippen LogP contribution in [0.3, 0.4) is 0 Å². The molecule has 0 amide bonds. The van der Waals surface area contributed by atoms with E-state index in [1.165, 1.54) is 0 Å². The van der Waals surface area contributed by atoms with Crippen LogP contribution in [-0.2, 0) is 13.0 Å². The summed E-state index contributed by atoms with van der Waals surface area (Å²) in [6.45, 7) is 4.93. The number of nitrogens with two attached hydrogens (primary N) is 1. The van der Waals surface area contributed by atoms with E-state index in [9.17, 15) is 0 Å². The molecule has 0 aliphatic heterocycles. The van der Waals surface area contributed by atoms with E-state index in [0.717, 1.165) is 38.7 Å². The minimum absolute atomic E-state index is 0.542. The Labute approximate surface area is 122 Å². The van der Waals surface area contributed by atoms with Crippen LogP contribution in [0.4, 0.5) is 0 Å². The molecule has 1 aromatic carbocycles. The quantitative estimate of drug-likeness (QED) is 0.781. The first-order valence-electron chi connectivity index (χ1n) is 6.85. The van der Waals surface area contributed by atoms with E-state index in [1.54, 1.807) is 11.3 Å². The highest BCUT2D eigenvalue weighted by molar-refractivity contribution is 7.15. The third-order valence-corrected chi connectivity index (χ3v) is 4.34. The molecule has 3 rings (SSSR count). The van der Waals surface area contributed by atoms with Crippen LogP contribution in [0.2, 0.25) is 0 Å². The summed E-state index contributed by atoms with van der Waals surface area (Å²) in [6.07, 6.45) is 0.962. The molecule has 2 N–H and O–H groups in total. The number of hydrogen-bond acceptors (Lipinski definition) is 4. The van der Waals surface area contributed by atoms with Crippen molar-refractivity contribution < 1.29 is 4.42 Å². The summed E-state index contributed by atoms with van der Waals surface area (Å²) in [5.74, 6) is 1.41. The van der Waals surface area contributed by atoms with Crippen LogP contribution in [0.1, 0.15) is 24.4 Å². The van der Waals surface area contributed by atoms with Crippen molar-refractivity contribution in [1.82, 2.24) is 4.98 Å². The van der Waals surface area contributed by atoms with Crippen molar-refractivity contribution in [2.24, 2.45) is 11.7 Å². The van der Waals surface area contributed by atoms with Gasteiger partial charge in [-0.25, -0.2) is 4.98 Å². The van der Waals surface area contributed by atoms with Gasteiger partial charge < -0.3 is 10.2 Å². The van der Waals surface area contributed by atoms with Crippen molar-refractivity contribution >= 4 is 22.3 Å². The topological polar surface area (TPSA) is 52.0 Å². The Morgan fingerprint density at radius 2 is 2.10 bits per heavy atom. The van der Waals surface area contributed by atoms with Crippen LogP contribution in [0, 0.1) is 5.92 Å². The molecular formula is C16H18N2OS. The standard InChI is InChI=1S/C16H18N2OS/c1-10(2)7-12-15(9-17)20-16(18-12)14-8-11-5-3-4-6-13(11)19-14/h3-6,8,10H,7,9,17H2,1-2H3. The van der Waals surface area contributed by atoms with Gasteiger partial charge in [-0.15, -0.1) is 11.3 Å². The fraction of sp³-hybridized carbons (Fsp3) is 0.312. The third-order valence-electron chi connectivity index (χ3n) is 3.20. The van der Waals surface area contributed by atoms with Gasteiger partial charge in [-0.1, -0.05) is 32.0 Å². The predicted octanol–water partition coefficient (Wildman–Crippen LogP) is 4.21. The Balaban J connectivity index is 2.02. The average Bonchev–Trinajstić information content (AvgIpc) is 3.00. The third kappa shape index (κ3) is 2.49. The number of thiazole rings is 1. The lowest BCUT2D eigenvalue weighted by Gasteiger charge is -2.02. The van der Waals surface area contributed by atoms with Gasteiger partial charge in [-0.2, -0.15) is 0 Å². The molecular weight excluding hydrogens is 268 g/mol. The highest BCUT2D eigenvalue weighted by Gasteiger charge is 2.15. The Morgan fingerprint density at radius 1 is 1.30 bits per heavy atom. The van der Waals surface area contributed by atoms with Gasteiger partial charge in [0.2, 0.25) is 0 Å². The van der Waals surface area contributed by atoms with Gasteiger partial charge >= 0.3 is 0 Å². The Kier molecular flexibility index (Phi) is 3.59. The summed E-state index contributed by atoms with van der Waals surface area (Å²) in [4.78, 5) is 5.89. The molecule has 0 radical (unpaired) electrons. The second-order valence-electron chi connectivity index (χ2n) is 5.34. The Morgan fingerprint density at radius 3 is 2.80 bits per heavy atom. The second kappa shape index (κ2) is 5.38. The molecule has 3 nitrogen and oxygen atoms in total. The van der Waals surface area contributed by atoms with Crippen molar-refractivity contribution in [3.05, 3.63) is 40.9 Å². The van der Waals surface area contributed by atoms with Crippen LogP contribution in [0.5, 0.6) is 0 Å². The number of benzene rings is 1. The lowest BCUT2D eigenvalue weighted by Crippen LogP contribution is -2.01. The number of para-hydroxylation sites is 1. The van der Waals surface area contributed by atoms with Gasteiger partial charge in [0, 0.05) is 16.8 Å². The zero-order valence-electron chi connectivity index (χ0n) is 11.7. The van der Waals surface area contributed by atoms with Crippen LogP contribution in [0.15, 0.2) is 34.7 Å². The molecule has 20 heavy (non-hydrogen) atoms. The molecule has 0 fully saturated rings. The summed E-state index contributed by atoms with van der Waals surface area (Å²) in [6, 6.07) is 10.1. The van der Waals surface area contributed by atoms with Crippen LogP contribution >= 0.6 is 11.3 Å². The maximum Gasteiger partial charge on any atom is 0.164 e. The van der Waals surface area contributed by atoms with Crippen LogP contribution in [-0.4, -0.2) is 4.98 Å². The molecule has 0 unspecified atom stereocenters. The lowest BCUT2D eigenvalue weighted by atomic mass is 10.1. The van der Waals surface area contributed by atoms with Gasteiger partial charge in [0.25, 0.3) is 0 Å². The predicted molar refractivity (Wildman–Crippen MR) is 83.8 cm³/mol. The SMILES string of the molecule is CC(C)Cc1nc(-c2cc3ccccc3o2)sc1CN. The summed E-state index contributed by atoms with van der Waals surface area (Å²) >= 11 is 1.64. The first-order chi connectivity index (χ1) is 9.67.